The zero-order valence-electron chi connectivity index (χ0n) is 10.5. The topological polar surface area (TPSA) is 78.4 Å². The molecule has 1 aliphatic rings. The van der Waals surface area contributed by atoms with Crippen LogP contribution in [0.15, 0.2) is 18.2 Å². The van der Waals surface area contributed by atoms with Crippen molar-refractivity contribution in [2.24, 2.45) is 0 Å². The minimum absolute atomic E-state index is 0.0330. The number of carboxylic acid groups (broad SMARTS) is 1. The number of hydrogen-bond acceptors (Lipinski definition) is 2. The largest absolute Gasteiger partial charge is 0.478 e. The zero-order valence-corrected chi connectivity index (χ0v) is 11.3. The highest BCUT2D eigenvalue weighted by Crippen LogP contribution is 2.31. The molecular weight excluding hydrogens is 268 g/mol. The quantitative estimate of drug-likeness (QED) is 0.797. The van der Waals surface area contributed by atoms with E-state index in [0.717, 1.165) is 19.3 Å². The van der Waals surface area contributed by atoms with Crippen LogP contribution in [0.25, 0.3) is 0 Å². The lowest BCUT2D eigenvalue weighted by Crippen LogP contribution is -2.52. The number of carboxylic acids is 1. The maximum atomic E-state index is 11.8. The lowest BCUT2D eigenvalue weighted by molar-refractivity contribution is 0.0697. The molecule has 2 rings (SSSR count). The van der Waals surface area contributed by atoms with E-state index in [9.17, 15) is 9.59 Å². The Kier molecular flexibility index (Phi) is 3.66. The third-order valence-corrected chi connectivity index (χ3v) is 3.66. The van der Waals surface area contributed by atoms with Gasteiger partial charge in [-0.2, -0.15) is 0 Å². The predicted octanol–water partition coefficient (Wildman–Crippen LogP) is 3.10. The lowest BCUT2D eigenvalue weighted by Gasteiger charge is -2.39. The summed E-state index contributed by atoms with van der Waals surface area (Å²) in [7, 11) is 0. The maximum absolute atomic E-state index is 11.8. The van der Waals surface area contributed by atoms with Crippen molar-refractivity contribution < 1.29 is 14.7 Å². The Morgan fingerprint density at radius 1 is 1.37 bits per heavy atom. The van der Waals surface area contributed by atoms with Gasteiger partial charge in [0, 0.05) is 11.2 Å². The van der Waals surface area contributed by atoms with Gasteiger partial charge in [0.05, 0.1) is 10.6 Å². The second-order valence-corrected chi connectivity index (χ2v) is 5.40. The average Bonchev–Trinajstić information content (AvgIpc) is 2.29. The molecule has 102 valence electrons. The van der Waals surface area contributed by atoms with Crippen LogP contribution < -0.4 is 10.6 Å². The first-order chi connectivity index (χ1) is 8.89. The summed E-state index contributed by atoms with van der Waals surface area (Å²) in [5.41, 5.74) is 0.225. The monoisotopic (exact) mass is 282 g/mol. The molecule has 0 unspecified atom stereocenters. The molecule has 0 aromatic heterocycles. The van der Waals surface area contributed by atoms with E-state index in [1.54, 1.807) is 6.07 Å². The van der Waals surface area contributed by atoms with E-state index in [0.29, 0.717) is 5.69 Å². The van der Waals surface area contributed by atoms with Crippen molar-refractivity contribution in [3.8, 4) is 0 Å². The first-order valence-electron chi connectivity index (χ1n) is 6.02. The first-order valence-corrected chi connectivity index (χ1v) is 6.39. The van der Waals surface area contributed by atoms with Crippen LogP contribution in [0.1, 0.15) is 36.5 Å². The molecule has 6 heteroatoms. The molecule has 0 aliphatic heterocycles. The molecule has 19 heavy (non-hydrogen) atoms. The Hall–Kier alpha value is -1.75. The smallest absolute Gasteiger partial charge is 0.337 e. The number of rotatable bonds is 3. The van der Waals surface area contributed by atoms with E-state index in [4.69, 9.17) is 16.7 Å². The summed E-state index contributed by atoms with van der Waals surface area (Å²) < 4.78 is 0. The number of anilines is 1. The van der Waals surface area contributed by atoms with Gasteiger partial charge >= 0.3 is 12.0 Å². The van der Waals surface area contributed by atoms with Gasteiger partial charge in [-0.05, 0) is 44.4 Å². The molecule has 1 fully saturated rings. The van der Waals surface area contributed by atoms with Crippen molar-refractivity contribution in [1.82, 2.24) is 5.32 Å². The SMILES string of the molecule is CC1(NC(=O)Nc2ccc(Cl)c(C(=O)O)c2)CCC1. The van der Waals surface area contributed by atoms with Gasteiger partial charge in [-0.25, -0.2) is 9.59 Å². The van der Waals surface area contributed by atoms with Gasteiger partial charge in [0.2, 0.25) is 0 Å². The fourth-order valence-electron chi connectivity index (χ4n) is 2.04. The van der Waals surface area contributed by atoms with Gasteiger partial charge in [0.15, 0.2) is 0 Å². The molecule has 0 saturated heterocycles. The molecule has 3 N–H and O–H groups in total. The minimum Gasteiger partial charge on any atom is -0.478 e. The molecule has 0 spiro atoms. The molecule has 0 atom stereocenters. The van der Waals surface area contributed by atoms with Crippen LogP contribution in [-0.2, 0) is 0 Å². The highest BCUT2D eigenvalue weighted by molar-refractivity contribution is 6.33. The van der Waals surface area contributed by atoms with Gasteiger partial charge in [0.1, 0.15) is 0 Å². The van der Waals surface area contributed by atoms with E-state index in [1.807, 2.05) is 6.92 Å². The fraction of sp³-hybridized carbons (Fsp3) is 0.385. The third kappa shape index (κ3) is 3.17. The lowest BCUT2D eigenvalue weighted by atomic mass is 9.79. The second-order valence-electron chi connectivity index (χ2n) is 4.99. The van der Waals surface area contributed by atoms with Crippen LogP contribution in [0, 0.1) is 0 Å². The number of amides is 2. The van der Waals surface area contributed by atoms with E-state index < -0.39 is 5.97 Å². The van der Waals surface area contributed by atoms with Crippen LogP contribution in [0.3, 0.4) is 0 Å². The highest BCUT2D eigenvalue weighted by atomic mass is 35.5. The first kappa shape index (κ1) is 13.7. The van der Waals surface area contributed by atoms with Gasteiger partial charge in [-0.1, -0.05) is 11.6 Å². The van der Waals surface area contributed by atoms with Gasteiger partial charge in [0.25, 0.3) is 0 Å². The summed E-state index contributed by atoms with van der Waals surface area (Å²) in [6.07, 6.45) is 3.03. The normalized spacial score (nSPS) is 16.3. The predicted molar refractivity (Wildman–Crippen MR) is 72.8 cm³/mol. The van der Waals surface area contributed by atoms with Crippen molar-refractivity contribution in [3.63, 3.8) is 0 Å². The molecular formula is C13H15ClN2O3. The van der Waals surface area contributed by atoms with Crippen molar-refractivity contribution in [2.45, 2.75) is 31.7 Å². The summed E-state index contributed by atoms with van der Waals surface area (Å²) in [5.74, 6) is -1.12. The van der Waals surface area contributed by atoms with Crippen LogP contribution in [0.5, 0.6) is 0 Å². The number of urea groups is 1. The summed E-state index contributed by atoms with van der Waals surface area (Å²) in [5, 5.41) is 14.6. The molecule has 1 saturated carbocycles. The average molecular weight is 283 g/mol. The number of halogens is 1. The number of nitrogens with one attached hydrogen (secondary N) is 2. The fourth-order valence-corrected chi connectivity index (χ4v) is 2.23. The van der Waals surface area contributed by atoms with Crippen LogP contribution >= 0.6 is 11.6 Å². The van der Waals surface area contributed by atoms with Crippen molar-refractivity contribution in [1.29, 1.82) is 0 Å². The molecule has 0 heterocycles. The minimum atomic E-state index is -1.12. The van der Waals surface area contributed by atoms with Gasteiger partial charge in [-0.3, -0.25) is 0 Å². The number of hydrogen-bond donors (Lipinski definition) is 3. The Morgan fingerprint density at radius 2 is 2.05 bits per heavy atom. The number of aromatic carboxylic acids is 1. The highest BCUT2D eigenvalue weighted by Gasteiger charge is 2.33. The van der Waals surface area contributed by atoms with E-state index >= 15 is 0 Å². The number of carbonyl (C=O) groups is 2. The number of benzene rings is 1. The van der Waals surface area contributed by atoms with Gasteiger partial charge < -0.3 is 15.7 Å². The van der Waals surface area contributed by atoms with Crippen LogP contribution in [0.2, 0.25) is 5.02 Å². The Balaban J connectivity index is 2.04. The summed E-state index contributed by atoms with van der Waals surface area (Å²) in [6.45, 7) is 1.99. The van der Waals surface area contributed by atoms with Crippen molar-refractivity contribution in [3.05, 3.63) is 28.8 Å². The van der Waals surface area contributed by atoms with E-state index in [-0.39, 0.29) is 22.2 Å². The molecule has 1 aromatic carbocycles. The van der Waals surface area contributed by atoms with Crippen LogP contribution in [-0.4, -0.2) is 22.6 Å². The molecule has 1 aliphatic carbocycles. The van der Waals surface area contributed by atoms with E-state index in [2.05, 4.69) is 10.6 Å². The number of carbonyl (C=O) groups excluding carboxylic acids is 1. The molecule has 5 nitrogen and oxygen atoms in total. The molecule has 1 aromatic rings. The summed E-state index contributed by atoms with van der Waals surface area (Å²) in [6, 6.07) is 4.03. The van der Waals surface area contributed by atoms with Crippen molar-refractivity contribution >= 4 is 29.3 Å². The molecule has 0 bridgehead atoms. The Labute approximate surface area is 116 Å². The van der Waals surface area contributed by atoms with E-state index in [1.165, 1.54) is 12.1 Å². The maximum Gasteiger partial charge on any atom is 0.337 e. The third-order valence-electron chi connectivity index (χ3n) is 3.33. The molecule has 0 radical (unpaired) electrons. The zero-order chi connectivity index (χ0) is 14.0. The molecule has 2 amide bonds. The van der Waals surface area contributed by atoms with Gasteiger partial charge in [-0.15, -0.1) is 0 Å². The Bertz CT molecular complexity index is 527. The summed E-state index contributed by atoms with van der Waals surface area (Å²) >= 11 is 5.76. The second kappa shape index (κ2) is 5.09. The summed E-state index contributed by atoms with van der Waals surface area (Å²) in [4.78, 5) is 22.7. The standard InChI is InChI=1S/C13H15ClN2O3/c1-13(5-2-6-13)16-12(19)15-8-3-4-10(14)9(7-8)11(17)18/h3-4,7H,2,5-6H2,1H3,(H,17,18)(H2,15,16,19). The van der Waals surface area contributed by atoms with Crippen molar-refractivity contribution in [2.75, 3.05) is 5.32 Å². The van der Waals surface area contributed by atoms with Crippen LogP contribution in [0.4, 0.5) is 10.5 Å². The Morgan fingerprint density at radius 3 is 2.58 bits per heavy atom.